The molecule has 0 radical (unpaired) electrons. The number of para-hydroxylation sites is 1. The van der Waals surface area contributed by atoms with Gasteiger partial charge in [-0.1, -0.05) is 59.8 Å². The molecule has 15 heteroatoms. The van der Waals surface area contributed by atoms with Crippen LogP contribution < -0.4 is 22.1 Å². The first-order valence-corrected chi connectivity index (χ1v) is 15.4. The van der Waals surface area contributed by atoms with Gasteiger partial charge in [-0.25, -0.2) is 23.7 Å². The standard InChI is InChI=1S/C35H28N4O11/c1-4-44-32-36-26-11-7-10-25(31(40)45-18-28-20(3)47-35(43)49-28)29(26)38(32)16-21-12-14-22(15-13-21)23-8-5-6-9-24(23)30-37-50-33(41)39(30)17-27-19(2)46-34(42)48-27/h5-15H,4,16-18H2,1-3H3. The fourth-order valence-corrected chi connectivity index (χ4v) is 5.60. The molecular weight excluding hydrogens is 652 g/mol. The number of aromatic nitrogens is 4. The van der Waals surface area contributed by atoms with Gasteiger partial charge in [0.05, 0.1) is 36.3 Å². The average molecular weight is 681 g/mol. The van der Waals surface area contributed by atoms with E-state index in [9.17, 15) is 19.2 Å². The van der Waals surface area contributed by atoms with Crippen LogP contribution in [0.15, 0.2) is 103 Å². The number of esters is 1. The smallest absolute Gasteiger partial charge is 0.465 e. The van der Waals surface area contributed by atoms with Crippen LogP contribution in [0.1, 0.15) is 45.9 Å². The van der Waals surface area contributed by atoms with Crippen LogP contribution in [0, 0.1) is 13.8 Å². The minimum Gasteiger partial charge on any atom is -0.465 e. The van der Waals surface area contributed by atoms with Gasteiger partial charge in [-0.05, 0) is 49.6 Å². The fourth-order valence-electron chi connectivity index (χ4n) is 5.60. The molecule has 7 rings (SSSR count). The molecule has 4 heterocycles. The van der Waals surface area contributed by atoms with Crippen molar-refractivity contribution in [3.8, 4) is 28.5 Å². The van der Waals surface area contributed by atoms with Crippen molar-refractivity contribution in [1.82, 2.24) is 19.3 Å². The maximum Gasteiger partial charge on any atom is 0.519 e. The SMILES string of the molecule is CCOc1nc2cccc(C(=O)OCc3oc(=O)oc3C)c2n1Cc1ccc(-c2ccccc2-c2noc(=O)n2Cc2oc(=O)oc2C)cc1. The highest BCUT2D eigenvalue weighted by Crippen LogP contribution is 2.32. The molecule has 0 fully saturated rings. The van der Waals surface area contributed by atoms with Gasteiger partial charge >= 0.3 is 23.4 Å². The third kappa shape index (κ3) is 6.07. The van der Waals surface area contributed by atoms with Gasteiger partial charge < -0.3 is 27.1 Å². The molecule has 0 bridgehead atoms. The molecule has 0 aliphatic rings. The van der Waals surface area contributed by atoms with Crippen LogP contribution in [0.25, 0.3) is 33.5 Å². The van der Waals surface area contributed by atoms with E-state index in [1.165, 1.54) is 4.57 Å². The van der Waals surface area contributed by atoms with Crippen LogP contribution in [-0.2, 0) is 24.4 Å². The van der Waals surface area contributed by atoms with E-state index >= 15 is 0 Å². The van der Waals surface area contributed by atoms with Crippen molar-refractivity contribution in [3.63, 3.8) is 0 Å². The first-order valence-electron chi connectivity index (χ1n) is 15.4. The molecule has 254 valence electrons. The Kier molecular flexibility index (Phi) is 8.37. The summed E-state index contributed by atoms with van der Waals surface area (Å²) in [6, 6.07) is 20.5. The number of hydrogen-bond donors (Lipinski definition) is 0. The fraction of sp³-hybridized carbons (Fsp3) is 0.200. The number of ether oxygens (including phenoxy) is 2. The zero-order valence-corrected chi connectivity index (χ0v) is 27.0. The highest BCUT2D eigenvalue weighted by Gasteiger charge is 2.23. The van der Waals surface area contributed by atoms with Crippen molar-refractivity contribution < 1.29 is 36.5 Å². The summed E-state index contributed by atoms with van der Waals surface area (Å²) < 4.78 is 39.3. The van der Waals surface area contributed by atoms with Gasteiger partial charge in [0.2, 0.25) is 0 Å². The molecule has 7 aromatic rings. The number of carbonyl (C=O) groups excluding carboxylic acids is 1. The van der Waals surface area contributed by atoms with E-state index in [0.29, 0.717) is 35.8 Å². The first-order chi connectivity index (χ1) is 24.2. The molecule has 0 saturated carbocycles. The van der Waals surface area contributed by atoms with Crippen LogP contribution in [0.4, 0.5) is 0 Å². The summed E-state index contributed by atoms with van der Waals surface area (Å²) in [5.74, 6) is -2.09. The molecular formula is C35H28N4O11. The summed E-state index contributed by atoms with van der Waals surface area (Å²) in [7, 11) is 0. The average Bonchev–Trinajstić information content (AvgIpc) is 3.84. The Hall–Kier alpha value is -6.64. The van der Waals surface area contributed by atoms with E-state index in [2.05, 4.69) is 10.1 Å². The number of benzene rings is 3. The van der Waals surface area contributed by atoms with Crippen molar-refractivity contribution in [2.75, 3.05) is 6.61 Å². The molecule has 3 aromatic carbocycles. The van der Waals surface area contributed by atoms with Crippen molar-refractivity contribution in [2.45, 2.75) is 40.5 Å². The zero-order valence-electron chi connectivity index (χ0n) is 27.0. The maximum absolute atomic E-state index is 13.3. The van der Waals surface area contributed by atoms with Gasteiger partial charge in [-0.2, -0.15) is 4.98 Å². The molecule has 50 heavy (non-hydrogen) atoms. The van der Waals surface area contributed by atoms with E-state index in [1.54, 1.807) is 36.6 Å². The highest BCUT2D eigenvalue weighted by atomic mass is 16.6. The Morgan fingerprint density at radius 3 is 2.16 bits per heavy atom. The van der Waals surface area contributed by atoms with Crippen molar-refractivity contribution >= 4 is 17.0 Å². The monoisotopic (exact) mass is 680 g/mol. The molecule has 15 nitrogen and oxygen atoms in total. The van der Waals surface area contributed by atoms with Crippen LogP contribution in [-0.4, -0.2) is 31.9 Å². The molecule has 4 aromatic heterocycles. The van der Waals surface area contributed by atoms with E-state index in [0.717, 1.165) is 16.7 Å². The summed E-state index contributed by atoms with van der Waals surface area (Å²) in [4.78, 5) is 53.6. The number of hydrogen-bond acceptors (Lipinski definition) is 13. The topological polar surface area (TPSA) is 188 Å². The van der Waals surface area contributed by atoms with Crippen molar-refractivity contribution in [3.05, 3.63) is 133 Å². The highest BCUT2D eigenvalue weighted by molar-refractivity contribution is 6.02. The lowest BCUT2D eigenvalue weighted by atomic mass is 9.98. The summed E-state index contributed by atoms with van der Waals surface area (Å²) in [6.07, 6.45) is 0. The van der Waals surface area contributed by atoms with Crippen molar-refractivity contribution in [2.24, 2.45) is 0 Å². The third-order valence-corrected chi connectivity index (χ3v) is 7.99. The summed E-state index contributed by atoms with van der Waals surface area (Å²) in [6.45, 7) is 5.19. The molecule has 0 saturated heterocycles. The number of fused-ring (bicyclic) bond motifs is 1. The number of nitrogens with zero attached hydrogens (tertiary/aromatic N) is 4. The van der Waals surface area contributed by atoms with Crippen LogP contribution in [0.3, 0.4) is 0 Å². The van der Waals surface area contributed by atoms with Crippen LogP contribution in [0.2, 0.25) is 0 Å². The van der Waals surface area contributed by atoms with Gasteiger partial charge in [-0.3, -0.25) is 9.09 Å². The number of imidazole rings is 1. The van der Waals surface area contributed by atoms with Crippen LogP contribution in [0.5, 0.6) is 6.01 Å². The lowest BCUT2D eigenvalue weighted by Crippen LogP contribution is -2.16. The van der Waals surface area contributed by atoms with Crippen molar-refractivity contribution in [1.29, 1.82) is 0 Å². The second-order valence-corrected chi connectivity index (χ2v) is 11.1. The van der Waals surface area contributed by atoms with E-state index in [4.69, 9.17) is 31.7 Å². The second kappa shape index (κ2) is 13.1. The molecule has 0 aliphatic carbocycles. The third-order valence-electron chi connectivity index (χ3n) is 7.99. The summed E-state index contributed by atoms with van der Waals surface area (Å²) >= 11 is 0. The summed E-state index contributed by atoms with van der Waals surface area (Å²) in [5, 5.41) is 4.03. The van der Waals surface area contributed by atoms with Gasteiger partial charge in [0.1, 0.15) is 5.76 Å². The molecule has 0 atom stereocenters. The van der Waals surface area contributed by atoms with E-state index in [-0.39, 0.29) is 47.6 Å². The Balaban J connectivity index is 1.19. The van der Waals surface area contributed by atoms with E-state index in [1.807, 2.05) is 55.5 Å². The zero-order chi connectivity index (χ0) is 34.9. The molecule has 0 N–H and O–H groups in total. The van der Waals surface area contributed by atoms with Gasteiger partial charge in [0.25, 0.3) is 6.01 Å². The number of carbonyl (C=O) groups is 1. The van der Waals surface area contributed by atoms with E-state index < -0.39 is 23.4 Å². The Bertz CT molecular complexity index is 2520. The Morgan fingerprint density at radius 2 is 1.48 bits per heavy atom. The molecule has 0 aliphatic heterocycles. The lowest BCUT2D eigenvalue weighted by molar-refractivity contribution is 0.0444. The number of rotatable bonds is 11. The summed E-state index contributed by atoms with van der Waals surface area (Å²) in [5.41, 5.74) is 4.36. The molecule has 0 unspecified atom stereocenters. The minimum atomic E-state index is -0.875. The number of aryl methyl sites for hydroxylation is 2. The second-order valence-electron chi connectivity index (χ2n) is 11.1. The largest absolute Gasteiger partial charge is 0.519 e. The predicted molar refractivity (Wildman–Crippen MR) is 174 cm³/mol. The lowest BCUT2D eigenvalue weighted by Gasteiger charge is -2.13. The molecule has 0 spiro atoms. The molecule has 0 amide bonds. The Labute approximate surface area is 280 Å². The first kappa shape index (κ1) is 31.9. The van der Waals surface area contributed by atoms with Gasteiger partial charge in [0, 0.05) is 5.56 Å². The normalized spacial score (nSPS) is 11.3. The predicted octanol–water partition coefficient (Wildman–Crippen LogP) is 5.08. The Morgan fingerprint density at radius 1 is 0.780 bits per heavy atom. The minimum absolute atomic E-state index is 0.113. The van der Waals surface area contributed by atoms with Gasteiger partial charge in [0.15, 0.2) is 29.7 Å². The quantitative estimate of drug-likeness (QED) is 0.165. The van der Waals surface area contributed by atoms with Crippen LogP contribution >= 0.6 is 0 Å². The van der Waals surface area contributed by atoms with Gasteiger partial charge in [-0.15, -0.1) is 0 Å². The maximum atomic E-state index is 13.3.